The third kappa shape index (κ3) is 7.18. The van der Waals surface area contributed by atoms with Crippen molar-refractivity contribution in [1.82, 2.24) is 25.2 Å². The van der Waals surface area contributed by atoms with Crippen molar-refractivity contribution in [2.45, 2.75) is 33.5 Å². The lowest BCUT2D eigenvalue weighted by Crippen LogP contribution is -2.36. The van der Waals surface area contributed by atoms with E-state index in [1.54, 1.807) is 12.5 Å². The fraction of sp³-hybridized carbons (Fsp3) is 0.240. The average molecular weight is 556 g/mol. The van der Waals surface area contributed by atoms with E-state index in [4.69, 9.17) is 9.41 Å². The van der Waals surface area contributed by atoms with Crippen molar-refractivity contribution in [2.75, 3.05) is 6.54 Å². The Morgan fingerprint density at radius 3 is 2.48 bits per heavy atom. The predicted molar refractivity (Wildman–Crippen MR) is 142 cm³/mol. The maximum Gasteiger partial charge on any atom is 0.226 e. The van der Waals surface area contributed by atoms with Gasteiger partial charge in [-0.05, 0) is 37.1 Å². The molecular weight excluding hydrogens is 527 g/mol. The second-order valence-corrected chi connectivity index (χ2v) is 7.61. The number of aliphatic imine (C=N–C) groups is 1. The summed E-state index contributed by atoms with van der Waals surface area (Å²) in [4.78, 5) is 13.4. The summed E-state index contributed by atoms with van der Waals surface area (Å²) in [5.41, 5.74) is 5.39. The summed E-state index contributed by atoms with van der Waals surface area (Å²) in [6.07, 6.45) is 7.27. The van der Waals surface area contributed by atoms with Crippen molar-refractivity contribution in [3.05, 3.63) is 95.9 Å². The molecule has 0 aliphatic heterocycles. The molecule has 172 valence electrons. The van der Waals surface area contributed by atoms with E-state index in [9.17, 15) is 0 Å². The van der Waals surface area contributed by atoms with Gasteiger partial charge in [0, 0.05) is 31.0 Å². The Kier molecular flexibility index (Phi) is 9.05. The van der Waals surface area contributed by atoms with Crippen molar-refractivity contribution >= 4 is 29.9 Å². The molecule has 2 N–H and O–H groups in total. The maximum absolute atomic E-state index is 5.64. The number of hydrogen-bond acceptors (Lipinski definition) is 4. The Hall–Kier alpha value is -3.14. The number of benzene rings is 2. The first-order valence-corrected chi connectivity index (χ1v) is 10.8. The summed E-state index contributed by atoms with van der Waals surface area (Å²) in [5, 5.41) is 6.61. The molecule has 0 atom stereocenters. The van der Waals surface area contributed by atoms with Crippen molar-refractivity contribution in [1.29, 1.82) is 0 Å². The van der Waals surface area contributed by atoms with E-state index in [1.807, 2.05) is 31.6 Å². The maximum atomic E-state index is 5.64. The molecule has 2 heterocycles. The molecule has 4 rings (SSSR count). The van der Waals surface area contributed by atoms with Gasteiger partial charge in [0.2, 0.25) is 5.89 Å². The number of aromatic nitrogens is 3. The lowest BCUT2D eigenvalue weighted by molar-refractivity contribution is 0.572. The van der Waals surface area contributed by atoms with E-state index in [0.717, 1.165) is 35.9 Å². The molecule has 0 aliphatic rings. The second kappa shape index (κ2) is 12.2. The predicted octanol–water partition coefficient (Wildman–Crippen LogP) is 4.77. The number of nitrogens with zero attached hydrogens (tertiary/aromatic N) is 4. The van der Waals surface area contributed by atoms with Crippen LogP contribution in [0, 0.1) is 6.92 Å². The van der Waals surface area contributed by atoms with Gasteiger partial charge in [-0.25, -0.2) is 15.0 Å². The molecule has 33 heavy (non-hydrogen) atoms. The number of hydrogen-bond donors (Lipinski definition) is 2. The number of imidazole rings is 1. The zero-order chi connectivity index (χ0) is 22.2. The fourth-order valence-electron chi connectivity index (χ4n) is 3.24. The summed E-state index contributed by atoms with van der Waals surface area (Å²) in [6.45, 7) is 6.83. The van der Waals surface area contributed by atoms with Gasteiger partial charge in [-0.3, -0.25) is 0 Å². The van der Waals surface area contributed by atoms with E-state index in [2.05, 4.69) is 68.5 Å². The summed E-state index contributed by atoms with van der Waals surface area (Å²) < 4.78 is 7.69. The van der Waals surface area contributed by atoms with E-state index >= 15 is 0 Å². The van der Waals surface area contributed by atoms with Gasteiger partial charge >= 0.3 is 0 Å². The van der Waals surface area contributed by atoms with Gasteiger partial charge in [0.05, 0.1) is 25.1 Å². The van der Waals surface area contributed by atoms with Gasteiger partial charge < -0.3 is 19.6 Å². The number of nitrogens with one attached hydrogen (secondary N) is 2. The van der Waals surface area contributed by atoms with E-state index in [0.29, 0.717) is 19.0 Å². The van der Waals surface area contributed by atoms with Gasteiger partial charge in [0.1, 0.15) is 6.26 Å². The quantitative estimate of drug-likeness (QED) is 0.186. The summed E-state index contributed by atoms with van der Waals surface area (Å²) in [6, 6.07) is 16.6. The van der Waals surface area contributed by atoms with Crippen molar-refractivity contribution in [2.24, 2.45) is 4.99 Å². The molecule has 0 aliphatic carbocycles. The van der Waals surface area contributed by atoms with Crippen LogP contribution in [0.25, 0.3) is 11.5 Å². The Balaban J connectivity index is 0.00000306. The Morgan fingerprint density at radius 1 is 1.03 bits per heavy atom. The molecule has 0 radical (unpaired) electrons. The highest BCUT2D eigenvalue weighted by Crippen LogP contribution is 2.19. The molecular formula is C25H29IN6O. The molecule has 0 spiro atoms. The smallest absolute Gasteiger partial charge is 0.226 e. The summed E-state index contributed by atoms with van der Waals surface area (Å²) in [5.74, 6) is 1.37. The molecule has 0 saturated heterocycles. The molecule has 0 unspecified atom stereocenters. The topological polar surface area (TPSA) is 80.3 Å². The number of guanidine groups is 1. The third-order valence-electron chi connectivity index (χ3n) is 5.00. The second-order valence-electron chi connectivity index (χ2n) is 7.61. The highest BCUT2D eigenvalue weighted by Gasteiger charge is 2.07. The molecule has 2 aromatic carbocycles. The fourth-order valence-corrected chi connectivity index (χ4v) is 3.24. The number of aryl methyl sites for hydroxylation is 1. The van der Waals surface area contributed by atoms with Crippen LogP contribution >= 0.6 is 24.0 Å². The lowest BCUT2D eigenvalue weighted by atomic mass is 10.1. The van der Waals surface area contributed by atoms with Crippen LogP contribution in [0.15, 0.2) is 82.9 Å². The van der Waals surface area contributed by atoms with Crippen LogP contribution in [-0.2, 0) is 19.6 Å². The number of rotatable bonds is 8. The van der Waals surface area contributed by atoms with Crippen LogP contribution in [-0.4, -0.2) is 27.0 Å². The molecule has 0 saturated carbocycles. The average Bonchev–Trinajstić information content (AvgIpc) is 3.49. The third-order valence-corrected chi connectivity index (χ3v) is 5.00. The molecule has 0 fully saturated rings. The van der Waals surface area contributed by atoms with E-state index in [-0.39, 0.29) is 24.0 Å². The minimum Gasteiger partial charge on any atom is -0.444 e. The minimum absolute atomic E-state index is 0. The molecule has 4 aromatic rings. The first-order chi connectivity index (χ1) is 15.7. The van der Waals surface area contributed by atoms with Gasteiger partial charge in [-0.15, -0.1) is 24.0 Å². The first kappa shape index (κ1) is 24.5. The van der Waals surface area contributed by atoms with Gasteiger partial charge in [-0.1, -0.05) is 42.0 Å². The lowest BCUT2D eigenvalue weighted by Gasteiger charge is -2.10. The van der Waals surface area contributed by atoms with Crippen LogP contribution in [0.4, 0.5) is 0 Å². The monoisotopic (exact) mass is 556 g/mol. The normalized spacial score (nSPS) is 11.2. The first-order valence-electron chi connectivity index (χ1n) is 10.8. The van der Waals surface area contributed by atoms with Crippen LogP contribution in [0.2, 0.25) is 0 Å². The number of oxazole rings is 1. The zero-order valence-electron chi connectivity index (χ0n) is 18.9. The van der Waals surface area contributed by atoms with Crippen LogP contribution < -0.4 is 10.6 Å². The van der Waals surface area contributed by atoms with Crippen molar-refractivity contribution in [3.8, 4) is 11.5 Å². The minimum atomic E-state index is 0. The van der Waals surface area contributed by atoms with Crippen molar-refractivity contribution in [3.63, 3.8) is 0 Å². The standard InChI is InChI=1S/C25H28N6O.HI/c1-3-27-25(28-14-20-6-8-21(9-7-20)16-31-13-12-26-18-31)29-15-23-17-32-24(30-23)22-10-4-19(2)5-11-22;/h4-13,17-18H,3,14-16H2,1-2H3,(H2,27,28,29);1H. The summed E-state index contributed by atoms with van der Waals surface area (Å²) >= 11 is 0. The van der Waals surface area contributed by atoms with Gasteiger partial charge in [-0.2, -0.15) is 0 Å². The van der Waals surface area contributed by atoms with Crippen molar-refractivity contribution < 1.29 is 4.42 Å². The zero-order valence-corrected chi connectivity index (χ0v) is 21.2. The highest BCUT2D eigenvalue weighted by molar-refractivity contribution is 14.0. The molecule has 8 heteroatoms. The molecule has 7 nitrogen and oxygen atoms in total. The number of halogens is 1. The Bertz CT molecular complexity index is 1130. The molecule has 0 bridgehead atoms. The Labute approximate surface area is 211 Å². The van der Waals surface area contributed by atoms with Crippen LogP contribution in [0.5, 0.6) is 0 Å². The van der Waals surface area contributed by atoms with Crippen LogP contribution in [0.3, 0.4) is 0 Å². The summed E-state index contributed by atoms with van der Waals surface area (Å²) in [7, 11) is 0. The van der Waals surface area contributed by atoms with Gasteiger partial charge in [0.25, 0.3) is 0 Å². The molecule has 2 aromatic heterocycles. The SMILES string of the molecule is CCNC(=NCc1ccc(Cn2ccnc2)cc1)NCc1coc(-c2ccc(C)cc2)n1.I. The van der Waals surface area contributed by atoms with E-state index in [1.165, 1.54) is 11.1 Å². The Morgan fingerprint density at radius 2 is 1.79 bits per heavy atom. The van der Waals surface area contributed by atoms with E-state index < -0.39 is 0 Å². The van der Waals surface area contributed by atoms with Crippen LogP contribution in [0.1, 0.15) is 29.3 Å². The molecule has 0 amide bonds. The van der Waals surface area contributed by atoms with Gasteiger partial charge in [0.15, 0.2) is 5.96 Å². The largest absolute Gasteiger partial charge is 0.444 e. The highest BCUT2D eigenvalue weighted by atomic mass is 127.